The number of likely N-dealkylation sites (N-methyl/N-ethyl adjacent to an activating group) is 1. The highest BCUT2D eigenvalue weighted by Crippen LogP contribution is 2.12. The molecule has 0 rings (SSSR count). The quantitative estimate of drug-likeness (QED) is 0.0214. The summed E-state index contributed by atoms with van der Waals surface area (Å²) < 4.78 is 22.6. The monoisotopic (exact) mass is 815 g/mol. The number of unbranched alkanes of at least 4 members (excludes halogenated alkanes) is 13. The lowest BCUT2D eigenvalue weighted by atomic mass is 10.1. The molecular formula is C49H84NO8+. The highest BCUT2D eigenvalue weighted by atomic mass is 16.7. The van der Waals surface area contributed by atoms with Gasteiger partial charge in [0, 0.05) is 12.8 Å². The number of hydrogen-bond acceptors (Lipinski definition) is 7. The number of ether oxygens (including phenoxy) is 4. The van der Waals surface area contributed by atoms with Gasteiger partial charge in [-0.25, -0.2) is 4.79 Å². The topological polar surface area (TPSA) is 108 Å². The normalized spacial score (nSPS) is 13.6. The number of esters is 2. The van der Waals surface area contributed by atoms with Crippen LogP contribution in [0.2, 0.25) is 0 Å². The van der Waals surface area contributed by atoms with Gasteiger partial charge in [0.15, 0.2) is 6.10 Å². The number of hydrogen-bond donors (Lipinski definition) is 1. The SMILES string of the molecule is CC/C=C\C/C=C\C/C=C\C/C=C\C/C=C\CCCC(=O)OC(COC(=O)CCCCCCC/C=C\CCCCCCCCC)COC(OCC[N+](C)(C)C)C(=O)O. The molecule has 1 N–H and O–H groups in total. The van der Waals surface area contributed by atoms with Gasteiger partial charge in [-0.2, -0.15) is 0 Å². The molecule has 0 radical (unpaired) electrons. The molecule has 9 heteroatoms. The minimum atomic E-state index is -1.53. The lowest BCUT2D eigenvalue weighted by molar-refractivity contribution is -0.870. The predicted molar refractivity (Wildman–Crippen MR) is 239 cm³/mol. The smallest absolute Gasteiger partial charge is 0.361 e. The molecule has 0 aliphatic rings. The summed E-state index contributed by atoms with van der Waals surface area (Å²) in [6, 6.07) is 0. The number of quaternary nitrogens is 1. The number of aliphatic carboxylic acids is 1. The van der Waals surface area contributed by atoms with Crippen LogP contribution in [0, 0.1) is 0 Å². The number of nitrogens with zero attached hydrogens (tertiary/aromatic N) is 1. The van der Waals surface area contributed by atoms with E-state index in [2.05, 4.69) is 86.8 Å². The van der Waals surface area contributed by atoms with Crippen LogP contribution >= 0.6 is 0 Å². The number of carbonyl (C=O) groups excluding carboxylic acids is 2. The fraction of sp³-hybridized carbons (Fsp3) is 0.694. The van der Waals surface area contributed by atoms with Crippen LogP contribution in [0.25, 0.3) is 0 Å². The van der Waals surface area contributed by atoms with Crippen LogP contribution < -0.4 is 0 Å². The fourth-order valence-electron chi connectivity index (χ4n) is 5.69. The summed E-state index contributed by atoms with van der Waals surface area (Å²) in [5.74, 6) is -2.11. The Hall–Kier alpha value is -3.27. The van der Waals surface area contributed by atoms with Crippen molar-refractivity contribution in [2.75, 3.05) is 47.5 Å². The summed E-state index contributed by atoms with van der Waals surface area (Å²) in [4.78, 5) is 37.1. The molecule has 0 aromatic carbocycles. The molecule has 0 aliphatic heterocycles. The average Bonchev–Trinajstić information content (AvgIpc) is 3.18. The first-order chi connectivity index (χ1) is 28.1. The van der Waals surface area contributed by atoms with Crippen molar-refractivity contribution in [3.63, 3.8) is 0 Å². The van der Waals surface area contributed by atoms with Gasteiger partial charge >= 0.3 is 17.9 Å². The second kappa shape index (κ2) is 40.5. The van der Waals surface area contributed by atoms with Crippen molar-refractivity contribution in [3.05, 3.63) is 72.9 Å². The van der Waals surface area contributed by atoms with Crippen molar-refractivity contribution in [1.82, 2.24) is 0 Å². The zero-order valence-electron chi connectivity index (χ0n) is 37.4. The van der Waals surface area contributed by atoms with Gasteiger partial charge in [0.25, 0.3) is 6.29 Å². The Balaban J connectivity index is 4.56. The summed E-state index contributed by atoms with van der Waals surface area (Å²) in [5.41, 5.74) is 0. The van der Waals surface area contributed by atoms with Crippen molar-refractivity contribution in [1.29, 1.82) is 0 Å². The highest BCUT2D eigenvalue weighted by molar-refractivity contribution is 5.71. The van der Waals surface area contributed by atoms with Gasteiger partial charge in [-0.1, -0.05) is 145 Å². The fourth-order valence-corrected chi connectivity index (χ4v) is 5.69. The van der Waals surface area contributed by atoms with Crippen LogP contribution in [0.15, 0.2) is 72.9 Å². The second-order valence-electron chi connectivity index (χ2n) is 16.0. The van der Waals surface area contributed by atoms with Gasteiger partial charge in [-0.15, -0.1) is 0 Å². The Morgan fingerprint density at radius 3 is 1.53 bits per heavy atom. The maximum absolute atomic E-state index is 12.7. The Labute approximate surface area is 354 Å². The van der Waals surface area contributed by atoms with E-state index in [1.54, 1.807) is 0 Å². The van der Waals surface area contributed by atoms with E-state index in [-0.39, 0.29) is 38.6 Å². The number of carboxylic acids is 1. The van der Waals surface area contributed by atoms with E-state index < -0.39 is 24.3 Å². The van der Waals surface area contributed by atoms with Gasteiger partial charge in [-0.05, 0) is 77.0 Å². The van der Waals surface area contributed by atoms with Crippen LogP contribution in [0.4, 0.5) is 0 Å². The minimum Gasteiger partial charge on any atom is -0.477 e. The molecule has 0 saturated carbocycles. The van der Waals surface area contributed by atoms with Crippen LogP contribution in [0.1, 0.15) is 162 Å². The van der Waals surface area contributed by atoms with Gasteiger partial charge in [0.1, 0.15) is 13.2 Å². The Morgan fingerprint density at radius 2 is 1.00 bits per heavy atom. The molecule has 9 nitrogen and oxygen atoms in total. The van der Waals surface area contributed by atoms with E-state index in [0.717, 1.165) is 77.0 Å². The molecule has 0 amide bonds. The van der Waals surface area contributed by atoms with Crippen molar-refractivity contribution in [2.24, 2.45) is 0 Å². The maximum Gasteiger partial charge on any atom is 0.361 e. The number of allylic oxidation sites excluding steroid dienone is 12. The third-order valence-electron chi connectivity index (χ3n) is 9.20. The van der Waals surface area contributed by atoms with Gasteiger partial charge in [-0.3, -0.25) is 9.59 Å². The van der Waals surface area contributed by atoms with E-state index in [4.69, 9.17) is 18.9 Å². The largest absolute Gasteiger partial charge is 0.477 e. The van der Waals surface area contributed by atoms with Gasteiger partial charge < -0.3 is 28.5 Å². The first-order valence-electron chi connectivity index (χ1n) is 22.6. The number of carbonyl (C=O) groups is 3. The van der Waals surface area contributed by atoms with Crippen molar-refractivity contribution in [2.45, 2.75) is 174 Å². The van der Waals surface area contributed by atoms with E-state index in [1.165, 1.54) is 51.4 Å². The van der Waals surface area contributed by atoms with E-state index in [0.29, 0.717) is 17.4 Å². The van der Waals surface area contributed by atoms with Crippen molar-refractivity contribution >= 4 is 17.9 Å². The molecule has 0 spiro atoms. The molecule has 0 heterocycles. The van der Waals surface area contributed by atoms with Crippen molar-refractivity contribution in [3.8, 4) is 0 Å². The standard InChI is InChI=1S/C49H83NO8/c1-6-8-10-12-14-16-18-20-22-24-26-28-30-32-34-36-38-40-47(52)58-45(44-57-49(48(53)54)55-42-41-50(3,4)5)43-56-46(51)39-37-35-33-31-29-27-25-23-21-19-17-15-13-11-9-7-2/h8,10,14,16,20,22-23,25-26,28,32,34,45,49H,6-7,9,11-13,15,17-19,21,24,27,29-31,33,35-44H2,1-5H3/p+1/b10-8-,16-14-,22-20-,25-23-,28-26-,34-32-. The van der Waals surface area contributed by atoms with Crippen LogP contribution in [0.3, 0.4) is 0 Å². The molecule has 58 heavy (non-hydrogen) atoms. The molecule has 0 fully saturated rings. The maximum atomic E-state index is 12.7. The van der Waals surface area contributed by atoms with Gasteiger partial charge in [0.05, 0.1) is 34.4 Å². The molecule has 0 aromatic heterocycles. The molecule has 0 saturated heterocycles. The highest BCUT2D eigenvalue weighted by Gasteiger charge is 2.25. The second-order valence-corrected chi connectivity index (χ2v) is 16.0. The molecular weight excluding hydrogens is 731 g/mol. The van der Waals surface area contributed by atoms with Crippen LogP contribution in [-0.4, -0.2) is 87.4 Å². The molecule has 332 valence electrons. The van der Waals surface area contributed by atoms with E-state index in [1.807, 2.05) is 21.1 Å². The first-order valence-corrected chi connectivity index (χ1v) is 22.6. The van der Waals surface area contributed by atoms with Crippen LogP contribution in [0.5, 0.6) is 0 Å². The summed E-state index contributed by atoms with van der Waals surface area (Å²) in [7, 11) is 5.93. The lowest BCUT2D eigenvalue weighted by Gasteiger charge is -2.25. The molecule has 2 atom stereocenters. The molecule has 0 aliphatic carbocycles. The Morgan fingerprint density at radius 1 is 0.534 bits per heavy atom. The zero-order chi connectivity index (χ0) is 42.8. The third kappa shape index (κ3) is 40.9. The number of carboxylic acid groups (broad SMARTS) is 1. The molecule has 2 unspecified atom stereocenters. The van der Waals surface area contributed by atoms with E-state index in [9.17, 15) is 19.5 Å². The molecule has 0 aromatic rings. The lowest BCUT2D eigenvalue weighted by Crippen LogP contribution is -2.40. The summed E-state index contributed by atoms with van der Waals surface area (Å²) >= 11 is 0. The van der Waals surface area contributed by atoms with Crippen LogP contribution in [-0.2, 0) is 33.3 Å². The predicted octanol–water partition coefficient (Wildman–Crippen LogP) is 11.9. The van der Waals surface area contributed by atoms with Crippen molar-refractivity contribution < 1.29 is 42.9 Å². The summed E-state index contributed by atoms with van der Waals surface area (Å²) in [5, 5.41) is 9.63. The summed E-state index contributed by atoms with van der Waals surface area (Å²) in [6.07, 6.45) is 46.8. The first kappa shape index (κ1) is 54.7. The third-order valence-corrected chi connectivity index (χ3v) is 9.20. The Kier molecular flexibility index (Phi) is 38.2. The van der Waals surface area contributed by atoms with Gasteiger partial charge in [0.2, 0.25) is 0 Å². The number of rotatable bonds is 40. The zero-order valence-corrected chi connectivity index (χ0v) is 37.4. The summed E-state index contributed by atoms with van der Waals surface area (Å²) in [6.45, 7) is 4.66. The Bertz CT molecular complexity index is 1180. The van der Waals surface area contributed by atoms with E-state index >= 15 is 0 Å². The minimum absolute atomic E-state index is 0.172. The molecule has 0 bridgehead atoms. The average molecular weight is 815 g/mol.